The van der Waals surface area contributed by atoms with Crippen LogP contribution in [0, 0.1) is 6.92 Å². The Labute approximate surface area is 112 Å². The van der Waals surface area contributed by atoms with Crippen LogP contribution in [0.5, 0.6) is 0 Å². The number of nitrogens with two attached hydrogens (primary N) is 1. The van der Waals surface area contributed by atoms with Crippen molar-refractivity contribution in [2.24, 2.45) is 0 Å². The Balaban J connectivity index is 2.22. The summed E-state index contributed by atoms with van der Waals surface area (Å²) in [5.41, 5.74) is 10.3. The molecule has 4 nitrogen and oxygen atoms in total. The average molecular weight is 303 g/mol. The van der Waals surface area contributed by atoms with E-state index in [0.717, 1.165) is 32.6 Å². The molecule has 0 atom stereocenters. The molecular formula is C13H11BrN4. The van der Waals surface area contributed by atoms with E-state index in [1.54, 1.807) is 6.20 Å². The monoisotopic (exact) mass is 302 g/mol. The summed E-state index contributed by atoms with van der Waals surface area (Å²) < 4.78 is 0.939. The summed E-state index contributed by atoms with van der Waals surface area (Å²) in [6.45, 7) is 1.96. The Bertz CT molecular complexity index is 733. The lowest BCUT2D eigenvalue weighted by Gasteiger charge is -1.96. The van der Waals surface area contributed by atoms with E-state index in [-0.39, 0.29) is 0 Å². The van der Waals surface area contributed by atoms with Gasteiger partial charge < -0.3 is 10.7 Å². The van der Waals surface area contributed by atoms with Crippen molar-refractivity contribution in [1.82, 2.24) is 15.0 Å². The van der Waals surface area contributed by atoms with Gasteiger partial charge in [0.05, 0.1) is 11.2 Å². The van der Waals surface area contributed by atoms with E-state index >= 15 is 0 Å². The number of halogens is 1. The first kappa shape index (κ1) is 11.2. The van der Waals surface area contributed by atoms with Gasteiger partial charge >= 0.3 is 0 Å². The molecule has 0 amide bonds. The van der Waals surface area contributed by atoms with Gasteiger partial charge in [-0.05, 0) is 31.2 Å². The van der Waals surface area contributed by atoms with Gasteiger partial charge in [-0.15, -0.1) is 0 Å². The molecule has 90 valence electrons. The molecule has 18 heavy (non-hydrogen) atoms. The molecule has 1 aromatic carbocycles. The molecule has 0 radical (unpaired) electrons. The van der Waals surface area contributed by atoms with Crippen molar-refractivity contribution in [2.75, 3.05) is 5.73 Å². The standard InChI is InChI=1S/C13H11BrN4/c1-7-4-8(2-3-16-7)13-17-11-6-9(14)5-10(15)12(11)18-13/h2-6H,15H2,1H3,(H,17,18). The molecule has 0 fully saturated rings. The summed E-state index contributed by atoms with van der Waals surface area (Å²) in [6, 6.07) is 7.74. The van der Waals surface area contributed by atoms with Crippen molar-refractivity contribution in [2.45, 2.75) is 6.92 Å². The third-order valence-electron chi connectivity index (χ3n) is 2.75. The van der Waals surface area contributed by atoms with E-state index in [4.69, 9.17) is 5.73 Å². The van der Waals surface area contributed by atoms with E-state index in [9.17, 15) is 0 Å². The fourth-order valence-corrected chi connectivity index (χ4v) is 2.41. The second kappa shape index (κ2) is 4.10. The maximum absolute atomic E-state index is 5.95. The third-order valence-corrected chi connectivity index (χ3v) is 3.21. The molecule has 2 aromatic heterocycles. The number of nitrogen functional groups attached to an aromatic ring is 1. The minimum Gasteiger partial charge on any atom is -0.397 e. The highest BCUT2D eigenvalue weighted by Crippen LogP contribution is 2.27. The minimum absolute atomic E-state index is 0.660. The Morgan fingerprint density at radius 2 is 2.11 bits per heavy atom. The van der Waals surface area contributed by atoms with Crippen LogP contribution in [0.15, 0.2) is 34.9 Å². The van der Waals surface area contributed by atoms with Gasteiger partial charge in [0.25, 0.3) is 0 Å². The Morgan fingerprint density at radius 3 is 2.89 bits per heavy atom. The number of pyridine rings is 1. The number of rotatable bonds is 1. The summed E-state index contributed by atoms with van der Waals surface area (Å²) in [4.78, 5) is 12.0. The second-order valence-corrected chi connectivity index (χ2v) is 5.08. The van der Waals surface area contributed by atoms with Crippen LogP contribution in [0.1, 0.15) is 5.69 Å². The molecule has 3 N–H and O–H groups in total. The highest BCUT2D eigenvalue weighted by molar-refractivity contribution is 9.10. The number of aryl methyl sites for hydroxylation is 1. The van der Waals surface area contributed by atoms with E-state index in [0.29, 0.717) is 5.69 Å². The van der Waals surface area contributed by atoms with Gasteiger partial charge in [0.1, 0.15) is 11.3 Å². The Hall–Kier alpha value is -1.88. The smallest absolute Gasteiger partial charge is 0.138 e. The number of imidazole rings is 1. The van der Waals surface area contributed by atoms with Crippen LogP contribution < -0.4 is 5.73 Å². The van der Waals surface area contributed by atoms with Crippen molar-refractivity contribution < 1.29 is 0 Å². The number of hydrogen-bond acceptors (Lipinski definition) is 3. The Kier molecular flexibility index (Phi) is 2.56. The average Bonchev–Trinajstić information content (AvgIpc) is 2.73. The fraction of sp³-hybridized carbons (Fsp3) is 0.0769. The van der Waals surface area contributed by atoms with Crippen molar-refractivity contribution in [3.05, 3.63) is 40.6 Å². The summed E-state index contributed by atoms with van der Waals surface area (Å²) in [6.07, 6.45) is 1.77. The molecule has 0 unspecified atom stereocenters. The summed E-state index contributed by atoms with van der Waals surface area (Å²) in [5, 5.41) is 0. The van der Waals surface area contributed by atoms with Gasteiger partial charge in [-0.3, -0.25) is 4.98 Å². The molecular weight excluding hydrogens is 292 g/mol. The number of nitrogens with zero attached hydrogens (tertiary/aromatic N) is 2. The van der Waals surface area contributed by atoms with Crippen LogP contribution >= 0.6 is 15.9 Å². The topological polar surface area (TPSA) is 67.6 Å². The van der Waals surface area contributed by atoms with E-state index in [2.05, 4.69) is 30.9 Å². The summed E-state index contributed by atoms with van der Waals surface area (Å²) in [7, 11) is 0. The van der Waals surface area contributed by atoms with Crippen molar-refractivity contribution >= 4 is 32.7 Å². The van der Waals surface area contributed by atoms with Crippen LogP contribution in [-0.2, 0) is 0 Å². The molecule has 2 heterocycles. The summed E-state index contributed by atoms with van der Waals surface area (Å²) in [5.74, 6) is 0.806. The highest BCUT2D eigenvalue weighted by atomic mass is 79.9. The molecule has 0 aliphatic carbocycles. The molecule has 0 saturated heterocycles. The third kappa shape index (κ3) is 1.86. The lowest BCUT2D eigenvalue weighted by Crippen LogP contribution is -1.86. The zero-order chi connectivity index (χ0) is 12.7. The fourth-order valence-electron chi connectivity index (χ4n) is 1.94. The van der Waals surface area contributed by atoms with Crippen LogP contribution in [0.4, 0.5) is 5.69 Å². The van der Waals surface area contributed by atoms with E-state index in [1.165, 1.54) is 0 Å². The van der Waals surface area contributed by atoms with Crippen LogP contribution in [0.3, 0.4) is 0 Å². The number of benzene rings is 1. The minimum atomic E-state index is 0.660. The number of aromatic nitrogens is 3. The zero-order valence-electron chi connectivity index (χ0n) is 9.74. The normalized spacial score (nSPS) is 11.0. The number of H-pyrrole nitrogens is 1. The van der Waals surface area contributed by atoms with Gasteiger partial charge in [-0.2, -0.15) is 0 Å². The molecule has 0 saturated carbocycles. The largest absolute Gasteiger partial charge is 0.397 e. The first-order valence-corrected chi connectivity index (χ1v) is 6.30. The summed E-state index contributed by atoms with van der Waals surface area (Å²) >= 11 is 3.42. The lowest BCUT2D eigenvalue weighted by atomic mass is 10.2. The number of aromatic amines is 1. The molecule has 3 rings (SSSR count). The Morgan fingerprint density at radius 1 is 1.28 bits per heavy atom. The van der Waals surface area contributed by atoms with Gasteiger partial charge in [0, 0.05) is 21.9 Å². The number of nitrogens with one attached hydrogen (secondary N) is 1. The van der Waals surface area contributed by atoms with Gasteiger partial charge in [0.15, 0.2) is 0 Å². The predicted octanol–water partition coefficient (Wildman–Crippen LogP) is 3.28. The van der Waals surface area contributed by atoms with E-state index in [1.807, 2.05) is 31.2 Å². The van der Waals surface area contributed by atoms with Crippen molar-refractivity contribution in [3.63, 3.8) is 0 Å². The van der Waals surface area contributed by atoms with Gasteiger partial charge in [-0.25, -0.2) is 4.98 Å². The van der Waals surface area contributed by atoms with E-state index < -0.39 is 0 Å². The van der Waals surface area contributed by atoms with Crippen LogP contribution in [0.25, 0.3) is 22.4 Å². The molecule has 0 bridgehead atoms. The molecule has 0 aliphatic rings. The maximum Gasteiger partial charge on any atom is 0.138 e. The van der Waals surface area contributed by atoms with Crippen LogP contribution in [0.2, 0.25) is 0 Å². The first-order valence-electron chi connectivity index (χ1n) is 5.51. The molecule has 0 spiro atoms. The molecule has 3 aromatic rings. The first-order chi connectivity index (χ1) is 8.63. The van der Waals surface area contributed by atoms with Crippen molar-refractivity contribution in [3.8, 4) is 11.4 Å². The zero-order valence-corrected chi connectivity index (χ0v) is 11.3. The maximum atomic E-state index is 5.95. The highest BCUT2D eigenvalue weighted by Gasteiger charge is 2.08. The number of hydrogen-bond donors (Lipinski definition) is 2. The van der Waals surface area contributed by atoms with Crippen molar-refractivity contribution in [1.29, 1.82) is 0 Å². The SMILES string of the molecule is Cc1cc(-c2nc3c(N)cc(Br)cc3[nH]2)ccn1. The predicted molar refractivity (Wildman–Crippen MR) is 76.2 cm³/mol. The van der Waals surface area contributed by atoms with Gasteiger partial charge in [0.2, 0.25) is 0 Å². The quantitative estimate of drug-likeness (QED) is 0.678. The van der Waals surface area contributed by atoms with Crippen LogP contribution in [-0.4, -0.2) is 15.0 Å². The second-order valence-electron chi connectivity index (χ2n) is 4.16. The molecule has 5 heteroatoms. The number of fused-ring (bicyclic) bond motifs is 1. The molecule has 0 aliphatic heterocycles. The lowest BCUT2D eigenvalue weighted by molar-refractivity contribution is 1.19. The number of anilines is 1. The van der Waals surface area contributed by atoms with Gasteiger partial charge in [-0.1, -0.05) is 15.9 Å².